The highest BCUT2D eigenvalue weighted by atomic mass is 16.3. The number of nitrogens with zero attached hydrogens (tertiary/aromatic N) is 1. The van der Waals surface area contributed by atoms with E-state index in [-0.39, 0.29) is 29.5 Å². The molecule has 0 saturated heterocycles. The van der Waals surface area contributed by atoms with Crippen LogP contribution < -0.4 is 10.6 Å². The quantitative estimate of drug-likeness (QED) is 0.722. The summed E-state index contributed by atoms with van der Waals surface area (Å²) in [5.41, 5.74) is 1.82. The Morgan fingerprint density at radius 2 is 2.00 bits per heavy atom. The van der Waals surface area contributed by atoms with Gasteiger partial charge in [-0.05, 0) is 43.2 Å². The minimum absolute atomic E-state index is 0.129. The molecule has 2 unspecified atom stereocenters. The van der Waals surface area contributed by atoms with Gasteiger partial charge in [0.1, 0.15) is 0 Å². The van der Waals surface area contributed by atoms with Crippen LogP contribution in [-0.4, -0.2) is 28.8 Å². The second kappa shape index (κ2) is 8.29. The average Bonchev–Trinajstić information content (AvgIpc) is 2.42. The van der Waals surface area contributed by atoms with Gasteiger partial charge in [-0.25, -0.2) is 4.79 Å². The van der Waals surface area contributed by atoms with Crippen LogP contribution >= 0.6 is 0 Å². The van der Waals surface area contributed by atoms with Crippen LogP contribution in [0, 0.1) is 18.3 Å². The molecule has 1 aromatic heterocycles. The molecule has 5 nitrogen and oxygen atoms in total. The van der Waals surface area contributed by atoms with Crippen molar-refractivity contribution in [2.45, 2.75) is 60.1 Å². The molecule has 0 aliphatic carbocycles. The van der Waals surface area contributed by atoms with Gasteiger partial charge in [-0.2, -0.15) is 0 Å². The van der Waals surface area contributed by atoms with Crippen molar-refractivity contribution < 1.29 is 9.90 Å². The molecule has 1 heterocycles. The first kappa shape index (κ1) is 19.4. The highest BCUT2D eigenvalue weighted by Gasteiger charge is 2.24. The highest BCUT2D eigenvalue weighted by Crippen LogP contribution is 2.23. The molecule has 130 valence electrons. The first-order valence-corrected chi connectivity index (χ1v) is 8.26. The van der Waals surface area contributed by atoms with E-state index >= 15 is 0 Å². The Hall–Kier alpha value is -1.62. The van der Waals surface area contributed by atoms with Crippen molar-refractivity contribution in [3.63, 3.8) is 0 Å². The summed E-state index contributed by atoms with van der Waals surface area (Å²) in [5.74, 6) is 0.236. The highest BCUT2D eigenvalue weighted by molar-refractivity contribution is 5.74. The van der Waals surface area contributed by atoms with Crippen molar-refractivity contribution in [2.24, 2.45) is 11.3 Å². The number of aromatic nitrogens is 1. The maximum Gasteiger partial charge on any atom is 0.315 e. The molecule has 0 aliphatic rings. The molecule has 3 N–H and O–H groups in total. The van der Waals surface area contributed by atoms with Gasteiger partial charge in [-0.3, -0.25) is 4.98 Å². The summed E-state index contributed by atoms with van der Waals surface area (Å²) < 4.78 is 0. The summed E-state index contributed by atoms with van der Waals surface area (Å²) in [6, 6.07) is 3.57. The predicted molar refractivity (Wildman–Crippen MR) is 93.2 cm³/mol. The summed E-state index contributed by atoms with van der Waals surface area (Å²) in [6.07, 6.45) is 2.01. The third kappa shape index (κ3) is 6.57. The van der Waals surface area contributed by atoms with E-state index in [1.807, 2.05) is 32.9 Å². The zero-order chi connectivity index (χ0) is 17.6. The van der Waals surface area contributed by atoms with Crippen LogP contribution in [0.4, 0.5) is 4.79 Å². The first-order valence-electron chi connectivity index (χ1n) is 8.26. The molecule has 0 bridgehead atoms. The number of carbonyl (C=O) groups is 1. The zero-order valence-electron chi connectivity index (χ0n) is 15.2. The van der Waals surface area contributed by atoms with Crippen LogP contribution in [-0.2, 0) is 0 Å². The number of aliphatic hydroxyl groups is 1. The summed E-state index contributed by atoms with van der Waals surface area (Å²) in [7, 11) is 0. The molecular weight excluding hydrogens is 290 g/mol. The Labute approximate surface area is 139 Å². The van der Waals surface area contributed by atoms with Gasteiger partial charge >= 0.3 is 6.03 Å². The largest absolute Gasteiger partial charge is 0.393 e. The summed E-state index contributed by atoms with van der Waals surface area (Å²) >= 11 is 0. The van der Waals surface area contributed by atoms with Gasteiger partial charge in [-0.1, -0.05) is 33.8 Å². The molecular formula is C18H31N3O2. The summed E-state index contributed by atoms with van der Waals surface area (Å²) in [4.78, 5) is 16.7. The van der Waals surface area contributed by atoms with Crippen LogP contribution in [0.3, 0.4) is 0 Å². The minimum atomic E-state index is -0.380. The second-order valence-electron chi connectivity index (χ2n) is 7.47. The van der Waals surface area contributed by atoms with Gasteiger partial charge in [-0.15, -0.1) is 0 Å². The van der Waals surface area contributed by atoms with E-state index in [2.05, 4.69) is 29.5 Å². The molecule has 1 rings (SSSR count). The van der Waals surface area contributed by atoms with Gasteiger partial charge < -0.3 is 15.7 Å². The van der Waals surface area contributed by atoms with Gasteiger partial charge in [0.05, 0.1) is 17.8 Å². The lowest BCUT2D eigenvalue weighted by atomic mass is 9.87. The number of rotatable bonds is 7. The van der Waals surface area contributed by atoms with E-state index in [1.54, 1.807) is 13.1 Å². The number of nitrogens with one attached hydrogen (secondary N) is 2. The molecule has 0 fully saturated rings. The fourth-order valence-corrected chi connectivity index (χ4v) is 2.76. The Morgan fingerprint density at radius 3 is 2.52 bits per heavy atom. The number of pyridine rings is 1. The molecule has 0 spiro atoms. The number of hydrogen-bond donors (Lipinski definition) is 3. The van der Waals surface area contributed by atoms with Gasteiger partial charge in [0, 0.05) is 12.7 Å². The van der Waals surface area contributed by atoms with Crippen LogP contribution in [0.15, 0.2) is 18.3 Å². The normalized spacial score (nSPS) is 14.4. The number of aryl methyl sites for hydroxylation is 1. The maximum atomic E-state index is 12.3. The van der Waals surface area contributed by atoms with E-state index in [0.29, 0.717) is 13.0 Å². The first-order chi connectivity index (χ1) is 10.6. The number of hydrogen-bond acceptors (Lipinski definition) is 3. The summed E-state index contributed by atoms with van der Waals surface area (Å²) in [6.45, 7) is 12.5. The van der Waals surface area contributed by atoms with E-state index in [1.165, 1.54) is 0 Å². The van der Waals surface area contributed by atoms with Crippen molar-refractivity contribution in [1.82, 2.24) is 15.6 Å². The molecule has 0 saturated carbocycles. The third-order valence-corrected chi connectivity index (χ3v) is 3.87. The van der Waals surface area contributed by atoms with Gasteiger partial charge in [0.15, 0.2) is 0 Å². The summed E-state index contributed by atoms with van der Waals surface area (Å²) in [5, 5.41) is 15.5. The Bertz CT molecular complexity index is 513. The molecule has 1 aromatic rings. The van der Waals surface area contributed by atoms with Crippen molar-refractivity contribution in [3.8, 4) is 0 Å². The number of amides is 2. The Balaban J connectivity index is 2.68. The van der Waals surface area contributed by atoms with E-state index in [0.717, 1.165) is 11.3 Å². The number of urea groups is 1. The van der Waals surface area contributed by atoms with E-state index in [9.17, 15) is 9.90 Å². The fourth-order valence-electron chi connectivity index (χ4n) is 2.76. The standard InChI is InChI=1S/C18H31N3O2/c1-12(2)15(16-13(3)8-7-9-19-16)21-17(23)20-11-18(5,6)10-14(4)22/h7-9,12,14-15,22H,10-11H2,1-6H3,(H2,20,21,23). The maximum absolute atomic E-state index is 12.3. The van der Waals surface area contributed by atoms with E-state index < -0.39 is 0 Å². The zero-order valence-corrected chi connectivity index (χ0v) is 15.2. The van der Waals surface area contributed by atoms with Gasteiger partial charge in [0.25, 0.3) is 0 Å². The average molecular weight is 321 g/mol. The number of aliphatic hydroxyl groups excluding tert-OH is 1. The molecule has 0 aromatic carbocycles. The van der Waals surface area contributed by atoms with Crippen molar-refractivity contribution >= 4 is 6.03 Å². The smallest absolute Gasteiger partial charge is 0.315 e. The molecule has 2 amide bonds. The lowest BCUT2D eigenvalue weighted by molar-refractivity contribution is 0.128. The Kier molecular flexibility index (Phi) is 7.01. The molecule has 5 heteroatoms. The van der Waals surface area contributed by atoms with Crippen molar-refractivity contribution in [2.75, 3.05) is 6.54 Å². The molecule has 2 atom stereocenters. The van der Waals surface area contributed by atoms with Crippen LogP contribution in [0.1, 0.15) is 58.3 Å². The van der Waals surface area contributed by atoms with Crippen molar-refractivity contribution in [3.05, 3.63) is 29.6 Å². The van der Waals surface area contributed by atoms with Crippen LogP contribution in [0.5, 0.6) is 0 Å². The van der Waals surface area contributed by atoms with Crippen molar-refractivity contribution in [1.29, 1.82) is 0 Å². The van der Waals surface area contributed by atoms with Crippen LogP contribution in [0.2, 0.25) is 0 Å². The number of carbonyl (C=O) groups excluding carboxylic acids is 1. The molecule has 0 radical (unpaired) electrons. The van der Waals surface area contributed by atoms with Gasteiger partial charge in [0.2, 0.25) is 0 Å². The topological polar surface area (TPSA) is 74.2 Å². The minimum Gasteiger partial charge on any atom is -0.393 e. The Morgan fingerprint density at radius 1 is 1.35 bits per heavy atom. The molecule has 23 heavy (non-hydrogen) atoms. The predicted octanol–water partition coefficient (Wildman–Crippen LogP) is 3.18. The lowest BCUT2D eigenvalue weighted by Gasteiger charge is -2.28. The third-order valence-electron chi connectivity index (χ3n) is 3.87. The van der Waals surface area contributed by atoms with E-state index in [4.69, 9.17) is 0 Å². The fraction of sp³-hybridized carbons (Fsp3) is 0.667. The van der Waals surface area contributed by atoms with Crippen LogP contribution in [0.25, 0.3) is 0 Å². The second-order valence-corrected chi connectivity index (χ2v) is 7.47. The monoisotopic (exact) mass is 321 g/mol. The lowest BCUT2D eigenvalue weighted by Crippen LogP contribution is -2.44. The molecule has 0 aliphatic heterocycles. The SMILES string of the molecule is Cc1cccnc1C(NC(=O)NCC(C)(C)CC(C)O)C(C)C.